The fourth-order valence-corrected chi connectivity index (χ4v) is 3.06. The minimum atomic E-state index is -1.20. The van der Waals surface area contributed by atoms with E-state index in [2.05, 4.69) is 5.32 Å². The molecule has 2 aromatic carbocycles. The summed E-state index contributed by atoms with van der Waals surface area (Å²) in [6.07, 6.45) is -1.01. The number of aliphatic hydroxyl groups is 1. The zero-order valence-corrected chi connectivity index (χ0v) is 15.9. The van der Waals surface area contributed by atoms with Crippen molar-refractivity contribution in [3.8, 4) is 5.75 Å². The number of rotatable bonds is 6. The number of urea groups is 1. The van der Waals surface area contributed by atoms with Gasteiger partial charge in [0, 0.05) is 5.02 Å². The maximum atomic E-state index is 12.8. The molecule has 0 unspecified atom stereocenters. The first-order valence-electron chi connectivity index (χ1n) is 8.57. The Morgan fingerprint density at radius 1 is 1.15 bits per heavy atom. The van der Waals surface area contributed by atoms with Crippen LogP contribution in [0.15, 0.2) is 48.5 Å². The van der Waals surface area contributed by atoms with Crippen LogP contribution in [0.25, 0.3) is 0 Å². The second kappa shape index (κ2) is 7.58. The second-order valence-electron chi connectivity index (χ2n) is 6.76. The van der Waals surface area contributed by atoms with Crippen molar-refractivity contribution in [2.24, 2.45) is 0 Å². The average Bonchev–Trinajstić information content (AvgIpc) is 2.86. The monoisotopic (exact) mass is 388 g/mol. The molecule has 1 aliphatic heterocycles. The zero-order chi connectivity index (χ0) is 19.6. The molecule has 1 fully saturated rings. The van der Waals surface area contributed by atoms with Gasteiger partial charge in [0.1, 0.15) is 24.0 Å². The highest BCUT2D eigenvalue weighted by Gasteiger charge is 2.49. The predicted molar refractivity (Wildman–Crippen MR) is 102 cm³/mol. The molecule has 7 heteroatoms. The molecule has 0 aliphatic carbocycles. The van der Waals surface area contributed by atoms with Gasteiger partial charge in [-0.05, 0) is 43.7 Å². The summed E-state index contributed by atoms with van der Waals surface area (Å²) in [5, 5.41) is 13.5. The number of β-amino-alcohol motifs (C(OH)–C–C–N with tert-alkyl or cyclic N) is 1. The highest BCUT2D eigenvalue weighted by atomic mass is 35.5. The number of carbonyl (C=O) groups is 2. The van der Waals surface area contributed by atoms with Crippen LogP contribution < -0.4 is 10.1 Å². The van der Waals surface area contributed by atoms with Crippen LogP contribution in [0.5, 0.6) is 5.75 Å². The second-order valence-corrected chi connectivity index (χ2v) is 7.19. The van der Waals surface area contributed by atoms with E-state index in [0.29, 0.717) is 16.3 Å². The van der Waals surface area contributed by atoms with Gasteiger partial charge < -0.3 is 15.2 Å². The molecule has 142 valence electrons. The standard InChI is InChI=1S/C20H21ClN2O4/c1-13-3-9-17(10-4-13)27-12-16(24)11-23-18(25)20(2,22-19(23)26)14-5-7-15(21)8-6-14/h3-10,16,24H,11-12H2,1-2H3,(H,22,26)/t16-,20-/m1/s1. The summed E-state index contributed by atoms with van der Waals surface area (Å²) in [7, 11) is 0. The molecule has 0 bridgehead atoms. The van der Waals surface area contributed by atoms with E-state index in [1.807, 2.05) is 19.1 Å². The number of halogens is 1. The number of nitrogens with zero attached hydrogens (tertiary/aromatic N) is 1. The van der Waals surface area contributed by atoms with Gasteiger partial charge in [-0.1, -0.05) is 41.4 Å². The lowest BCUT2D eigenvalue weighted by Crippen LogP contribution is -2.42. The maximum Gasteiger partial charge on any atom is 0.325 e. The molecule has 1 heterocycles. The van der Waals surface area contributed by atoms with E-state index in [4.69, 9.17) is 16.3 Å². The summed E-state index contributed by atoms with van der Waals surface area (Å²) in [4.78, 5) is 26.1. The number of ether oxygens (including phenoxy) is 1. The third-order valence-corrected chi connectivity index (χ3v) is 4.81. The average molecular weight is 389 g/mol. The molecule has 1 aliphatic rings. The van der Waals surface area contributed by atoms with Crippen molar-refractivity contribution in [1.82, 2.24) is 10.2 Å². The van der Waals surface area contributed by atoms with Gasteiger partial charge in [-0.25, -0.2) is 4.79 Å². The topological polar surface area (TPSA) is 78.9 Å². The molecule has 27 heavy (non-hydrogen) atoms. The minimum Gasteiger partial charge on any atom is -0.491 e. The summed E-state index contributed by atoms with van der Waals surface area (Å²) in [6, 6.07) is 13.6. The molecule has 2 atom stereocenters. The van der Waals surface area contributed by atoms with Crippen molar-refractivity contribution in [3.63, 3.8) is 0 Å². The van der Waals surface area contributed by atoms with E-state index in [-0.39, 0.29) is 13.2 Å². The van der Waals surface area contributed by atoms with Gasteiger partial charge in [-0.2, -0.15) is 0 Å². The summed E-state index contributed by atoms with van der Waals surface area (Å²) in [5.41, 5.74) is 0.529. The van der Waals surface area contributed by atoms with E-state index in [0.717, 1.165) is 10.5 Å². The highest BCUT2D eigenvalue weighted by molar-refractivity contribution is 6.30. The molecule has 3 amide bonds. The fraction of sp³-hybridized carbons (Fsp3) is 0.300. The number of nitrogens with one attached hydrogen (secondary N) is 1. The van der Waals surface area contributed by atoms with Crippen LogP contribution in [0.2, 0.25) is 5.02 Å². The lowest BCUT2D eigenvalue weighted by molar-refractivity contribution is -0.132. The van der Waals surface area contributed by atoms with Gasteiger partial charge in [0.25, 0.3) is 5.91 Å². The molecule has 2 aromatic rings. The Morgan fingerprint density at radius 2 is 1.78 bits per heavy atom. The van der Waals surface area contributed by atoms with Crippen LogP contribution in [0.3, 0.4) is 0 Å². The molecule has 0 spiro atoms. The smallest absolute Gasteiger partial charge is 0.325 e. The van der Waals surface area contributed by atoms with Gasteiger partial charge >= 0.3 is 6.03 Å². The molecule has 6 nitrogen and oxygen atoms in total. The largest absolute Gasteiger partial charge is 0.491 e. The molecule has 0 radical (unpaired) electrons. The molecule has 1 saturated heterocycles. The summed E-state index contributed by atoms with van der Waals surface area (Å²) >= 11 is 5.89. The van der Waals surface area contributed by atoms with Gasteiger partial charge in [0.05, 0.1) is 6.54 Å². The number of imide groups is 1. The van der Waals surface area contributed by atoms with Crippen molar-refractivity contribution < 1.29 is 19.4 Å². The van der Waals surface area contributed by atoms with Crippen molar-refractivity contribution in [2.45, 2.75) is 25.5 Å². The number of aryl methyl sites for hydroxylation is 1. The molecule has 0 aromatic heterocycles. The molecule has 0 saturated carbocycles. The van der Waals surface area contributed by atoms with Gasteiger partial charge in [0.15, 0.2) is 0 Å². The summed E-state index contributed by atoms with van der Waals surface area (Å²) in [6.45, 7) is 3.41. The molecular weight excluding hydrogens is 368 g/mol. The normalized spacial score (nSPS) is 20.5. The molecular formula is C20H21ClN2O4. The zero-order valence-electron chi connectivity index (χ0n) is 15.1. The highest BCUT2D eigenvalue weighted by Crippen LogP contribution is 2.29. The first-order valence-corrected chi connectivity index (χ1v) is 8.95. The van der Waals surface area contributed by atoms with Gasteiger partial charge in [-0.15, -0.1) is 0 Å². The number of hydrogen-bond acceptors (Lipinski definition) is 4. The first kappa shape index (κ1) is 19.2. The number of benzene rings is 2. The van der Waals surface area contributed by atoms with Crippen LogP contribution in [-0.4, -0.2) is 41.2 Å². The number of aliphatic hydroxyl groups excluding tert-OH is 1. The van der Waals surface area contributed by atoms with Crippen LogP contribution in [0, 0.1) is 6.92 Å². The Kier molecular flexibility index (Phi) is 5.39. The molecule has 2 N–H and O–H groups in total. The predicted octanol–water partition coefficient (Wildman–Crippen LogP) is 2.86. The first-order chi connectivity index (χ1) is 12.8. The van der Waals surface area contributed by atoms with Crippen molar-refractivity contribution in [2.75, 3.05) is 13.2 Å². The summed E-state index contributed by atoms with van der Waals surface area (Å²) < 4.78 is 5.52. The third kappa shape index (κ3) is 4.07. The lowest BCUT2D eigenvalue weighted by atomic mass is 9.92. The van der Waals surface area contributed by atoms with Crippen LogP contribution in [-0.2, 0) is 10.3 Å². The Hall–Kier alpha value is -2.57. The van der Waals surface area contributed by atoms with Crippen LogP contribution in [0.4, 0.5) is 4.79 Å². The number of amides is 3. The van der Waals surface area contributed by atoms with Crippen LogP contribution >= 0.6 is 11.6 Å². The van der Waals surface area contributed by atoms with Crippen molar-refractivity contribution in [3.05, 3.63) is 64.7 Å². The van der Waals surface area contributed by atoms with Gasteiger partial charge in [-0.3, -0.25) is 9.69 Å². The van der Waals surface area contributed by atoms with Gasteiger partial charge in [0.2, 0.25) is 0 Å². The Balaban J connectivity index is 1.64. The number of carbonyl (C=O) groups excluding carboxylic acids is 2. The van der Waals surface area contributed by atoms with E-state index in [9.17, 15) is 14.7 Å². The Labute approximate surface area is 162 Å². The fourth-order valence-electron chi connectivity index (χ4n) is 2.93. The molecule has 3 rings (SSSR count). The van der Waals surface area contributed by atoms with E-state index in [1.54, 1.807) is 43.3 Å². The van der Waals surface area contributed by atoms with Crippen molar-refractivity contribution in [1.29, 1.82) is 0 Å². The Bertz CT molecular complexity index is 838. The van der Waals surface area contributed by atoms with E-state index in [1.165, 1.54) is 0 Å². The quantitative estimate of drug-likeness (QED) is 0.746. The Morgan fingerprint density at radius 3 is 2.41 bits per heavy atom. The summed E-state index contributed by atoms with van der Waals surface area (Å²) in [5.74, 6) is 0.187. The maximum absolute atomic E-state index is 12.8. The van der Waals surface area contributed by atoms with Crippen molar-refractivity contribution >= 4 is 23.5 Å². The number of hydrogen-bond donors (Lipinski definition) is 2. The SMILES string of the molecule is Cc1ccc(OC[C@H](O)CN2C(=O)N[C@](C)(c3ccc(Cl)cc3)C2=O)cc1. The minimum absolute atomic E-state index is 0.0300. The van der Waals surface area contributed by atoms with Crippen LogP contribution in [0.1, 0.15) is 18.1 Å². The van der Waals surface area contributed by atoms with E-state index < -0.39 is 23.6 Å². The lowest BCUT2D eigenvalue weighted by Gasteiger charge is -2.23. The third-order valence-electron chi connectivity index (χ3n) is 4.55. The van der Waals surface area contributed by atoms with E-state index >= 15 is 0 Å².